The summed E-state index contributed by atoms with van der Waals surface area (Å²) in [6.07, 6.45) is 7.27. The molecule has 0 radical (unpaired) electrons. The molecule has 0 heterocycles. The molecule has 1 aromatic rings. The first-order valence-electron chi connectivity index (χ1n) is 6.15. The summed E-state index contributed by atoms with van der Waals surface area (Å²) in [6, 6.07) is 10.5. The minimum absolute atomic E-state index is 0.196. The summed E-state index contributed by atoms with van der Waals surface area (Å²) in [4.78, 5) is 10.7. The Morgan fingerprint density at radius 1 is 1.25 bits per heavy atom. The highest BCUT2D eigenvalue weighted by molar-refractivity contribution is 5.47. The SMILES string of the molecule is O=CNC(CC1CCCC1)c1ccccc1. The minimum Gasteiger partial charge on any atom is -0.352 e. The highest BCUT2D eigenvalue weighted by Gasteiger charge is 2.20. The lowest BCUT2D eigenvalue weighted by Crippen LogP contribution is -2.21. The van der Waals surface area contributed by atoms with Crippen LogP contribution in [0.5, 0.6) is 0 Å². The Kier molecular flexibility index (Phi) is 3.97. The smallest absolute Gasteiger partial charge is 0.207 e. The van der Waals surface area contributed by atoms with Crippen molar-refractivity contribution in [1.82, 2.24) is 5.32 Å². The van der Waals surface area contributed by atoms with E-state index in [4.69, 9.17) is 0 Å². The number of hydrogen-bond acceptors (Lipinski definition) is 1. The Morgan fingerprint density at radius 3 is 2.56 bits per heavy atom. The normalized spacial score (nSPS) is 18.2. The minimum atomic E-state index is 0.196. The summed E-state index contributed by atoms with van der Waals surface area (Å²) in [7, 11) is 0. The predicted octanol–water partition coefficient (Wildman–Crippen LogP) is 3.05. The van der Waals surface area contributed by atoms with Crippen LogP contribution in [0.3, 0.4) is 0 Å². The van der Waals surface area contributed by atoms with Crippen LogP contribution in [0.15, 0.2) is 30.3 Å². The molecule has 2 nitrogen and oxygen atoms in total. The van der Waals surface area contributed by atoms with Gasteiger partial charge in [0.15, 0.2) is 0 Å². The van der Waals surface area contributed by atoms with E-state index in [1.54, 1.807) is 0 Å². The molecule has 1 aromatic carbocycles. The van der Waals surface area contributed by atoms with Crippen molar-refractivity contribution in [2.75, 3.05) is 0 Å². The number of amides is 1. The summed E-state index contributed by atoms with van der Waals surface area (Å²) in [5.74, 6) is 0.789. The van der Waals surface area contributed by atoms with E-state index in [0.29, 0.717) is 0 Å². The number of nitrogens with one attached hydrogen (secondary N) is 1. The summed E-state index contributed by atoms with van der Waals surface area (Å²) < 4.78 is 0. The molecule has 1 saturated carbocycles. The van der Waals surface area contributed by atoms with Gasteiger partial charge in [0, 0.05) is 0 Å². The van der Waals surface area contributed by atoms with Crippen LogP contribution in [0.2, 0.25) is 0 Å². The van der Waals surface area contributed by atoms with Gasteiger partial charge in [-0.25, -0.2) is 0 Å². The Balaban J connectivity index is 2.01. The summed E-state index contributed by atoms with van der Waals surface area (Å²) in [5, 5.41) is 2.95. The molecular formula is C14H19NO. The molecule has 0 aromatic heterocycles. The molecule has 0 aliphatic heterocycles. The number of hydrogen-bond donors (Lipinski definition) is 1. The molecule has 1 aliphatic rings. The Bertz CT molecular complexity index is 317. The van der Waals surface area contributed by atoms with Crippen molar-refractivity contribution in [3.05, 3.63) is 35.9 Å². The van der Waals surface area contributed by atoms with E-state index in [2.05, 4.69) is 17.4 Å². The molecule has 0 bridgehead atoms. The van der Waals surface area contributed by atoms with E-state index in [0.717, 1.165) is 18.7 Å². The standard InChI is InChI=1S/C14H19NO/c16-11-15-14(10-12-6-4-5-7-12)13-8-2-1-3-9-13/h1-3,8-9,11-12,14H,4-7,10H2,(H,15,16). The largest absolute Gasteiger partial charge is 0.352 e. The topological polar surface area (TPSA) is 29.1 Å². The second kappa shape index (κ2) is 5.69. The van der Waals surface area contributed by atoms with Crippen molar-refractivity contribution < 1.29 is 4.79 Å². The fourth-order valence-corrected chi connectivity index (χ4v) is 2.65. The van der Waals surface area contributed by atoms with Gasteiger partial charge in [-0.3, -0.25) is 4.79 Å². The van der Waals surface area contributed by atoms with E-state index in [-0.39, 0.29) is 6.04 Å². The Labute approximate surface area is 97.1 Å². The van der Waals surface area contributed by atoms with E-state index in [1.807, 2.05) is 18.2 Å². The van der Waals surface area contributed by atoms with Crippen molar-refractivity contribution in [3.63, 3.8) is 0 Å². The van der Waals surface area contributed by atoms with Gasteiger partial charge in [-0.2, -0.15) is 0 Å². The van der Waals surface area contributed by atoms with E-state index < -0.39 is 0 Å². The first kappa shape index (κ1) is 11.2. The summed E-state index contributed by atoms with van der Waals surface area (Å²) >= 11 is 0. The van der Waals surface area contributed by atoms with Crippen LogP contribution < -0.4 is 5.32 Å². The zero-order chi connectivity index (χ0) is 11.2. The molecule has 1 aliphatic carbocycles. The number of carbonyl (C=O) groups is 1. The molecular weight excluding hydrogens is 198 g/mol. The number of benzene rings is 1. The fraction of sp³-hybridized carbons (Fsp3) is 0.500. The molecule has 16 heavy (non-hydrogen) atoms. The quantitative estimate of drug-likeness (QED) is 0.755. The number of rotatable bonds is 5. The molecule has 2 heteroatoms. The lowest BCUT2D eigenvalue weighted by Gasteiger charge is -2.20. The second-order valence-corrected chi connectivity index (χ2v) is 4.63. The zero-order valence-corrected chi connectivity index (χ0v) is 9.56. The summed E-state index contributed by atoms with van der Waals surface area (Å²) in [5.41, 5.74) is 1.22. The van der Waals surface area contributed by atoms with E-state index >= 15 is 0 Å². The highest BCUT2D eigenvalue weighted by atomic mass is 16.1. The van der Waals surface area contributed by atoms with Gasteiger partial charge in [-0.05, 0) is 17.9 Å². The van der Waals surface area contributed by atoms with Crippen LogP contribution >= 0.6 is 0 Å². The van der Waals surface area contributed by atoms with Crippen molar-refractivity contribution >= 4 is 6.41 Å². The van der Waals surface area contributed by atoms with Gasteiger partial charge in [0.1, 0.15) is 0 Å². The van der Waals surface area contributed by atoms with Crippen molar-refractivity contribution in [1.29, 1.82) is 0 Å². The van der Waals surface area contributed by atoms with Crippen LogP contribution in [0, 0.1) is 5.92 Å². The van der Waals surface area contributed by atoms with Crippen LogP contribution in [0.4, 0.5) is 0 Å². The molecule has 1 unspecified atom stereocenters. The van der Waals surface area contributed by atoms with Gasteiger partial charge in [-0.1, -0.05) is 56.0 Å². The third-order valence-electron chi connectivity index (χ3n) is 3.51. The maximum absolute atomic E-state index is 10.7. The third kappa shape index (κ3) is 2.84. The number of carbonyl (C=O) groups excluding carboxylic acids is 1. The Morgan fingerprint density at radius 2 is 1.94 bits per heavy atom. The van der Waals surface area contributed by atoms with Crippen LogP contribution in [0.1, 0.15) is 43.7 Å². The monoisotopic (exact) mass is 217 g/mol. The van der Waals surface area contributed by atoms with E-state index in [9.17, 15) is 4.79 Å². The van der Waals surface area contributed by atoms with Gasteiger partial charge in [-0.15, -0.1) is 0 Å². The molecule has 0 saturated heterocycles. The van der Waals surface area contributed by atoms with Gasteiger partial charge < -0.3 is 5.32 Å². The van der Waals surface area contributed by atoms with Gasteiger partial charge >= 0.3 is 0 Å². The molecule has 0 spiro atoms. The Hall–Kier alpha value is -1.31. The molecule has 1 atom stereocenters. The molecule has 1 amide bonds. The van der Waals surface area contributed by atoms with Gasteiger partial charge in [0.25, 0.3) is 0 Å². The predicted molar refractivity (Wildman–Crippen MR) is 65.0 cm³/mol. The van der Waals surface area contributed by atoms with Gasteiger partial charge in [0.05, 0.1) is 6.04 Å². The third-order valence-corrected chi connectivity index (χ3v) is 3.51. The lowest BCUT2D eigenvalue weighted by molar-refractivity contribution is -0.110. The van der Waals surface area contributed by atoms with Crippen molar-refractivity contribution in [2.45, 2.75) is 38.1 Å². The maximum atomic E-state index is 10.7. The fourth-order valence-electron chi connectivity index (χ4n) is 2.65. The molecule has 1 N–H and O–H groups in total. The average molecular weight is 217 g/mol. The first-order chi connectivity index (χ1) is 7.90. The van der Waals surface area contributed by atoms with Crippen molar-refractivity contribution in [3.8, 4) is 0 Å². The average Bonchev–Trinajstić information content (AvgIpc) is 2.83. The van der Waals surface area contributed by atoms with Gasteiger partial charge in [0.2, 0.25) is 6.41 Å². The van der Waals surface area contributed by atoms with Crippen molar-refractivity contribution in [2.24, 2.45) is 5.92 Å². The molecule has 1 fully saturated rings. The summed E-state index contributed by atoms with van der Waals surface area (Å²) in [6.45, 7) is 0. The molecule has 86 valence electrons. The van der Waals surface area contributed by atoms with E-state index in [1.165, 1.54) is 31.2 Å². The maximum Gasteiger partial charge on any atom is 0.207 e. The lowest BCUT2D eigenvalue weighted by atomic mass is 9.94. The molecule has 2 rings (SSSR count). The second-order valence-electron chi connectivity index (χ2n) is 4.63. The highest BCUT2D eigenvalue weighted by Crippen LogP contribution is 2.32. The van der Waals surface area contributed by atoms with Crippen LogP contribution in [-0.2, 0) is 4.79 Å². The van der Waals surface area contributed by atoms with Crippen LogP contribution in [0.25, 0.3) is 0 Å². The first-order valence-corrected chi connectivity index (χ1v) is 6.15. The zero-order valence-electron chi connectivity index (χ0n) is 9.56. The van der Waals surface area contributed by atoms with Crippen LogP contribution in [-0.4, -0.2) is 6.41 Å².